The van der Waals surface area contributed by atoms with E-state index in [2.05, 4.69) is 53.4 Å². The minimum Gasteiger partial charge on any atom is -0.381 e. The van der Waals surface area contributed by atoms with Gasteiger partial charge >= 0.3 is 0 Å². The number of methoxy groups -OCH3 is 1. The third-order valence-corrected chi connectivity index (χ3v) is 6.13. The van der Waals surface area contributed by atoms with Crippen LogP contribution in [0.1, 0.15) is 44.6 Å². The summed E-state index contributed by atoms with van der Waals surface area (Å²) in [5.41, 5.74) is 2.44. The molecule has 2 saturated heterocycles. The van der Waals surface area contributed by atoms with Crippen LogP contribution >= 0.6 is 24.0 Å². The standard InChI is InChI=1S/C23H38N4O2.HI/c1-4-24-22(25-19-23(28-3)12-16-29-17-13-23)26(2)18-20-8-10-21(11-9-20)27-14-6-5-7-15-27;/h8-11H,4-7,12-19H2,1-3H3,(H,24,25);1H. The molecule has 0 saturated carbocycles. The van der Waals surface area contributed by atoms with Crippen molar-refractivity contribution in [2.45, 2.75) is 51.2 Å². The number of halogens is 1. The van der Waals surface area contributed by atoms with E-state index in [0.717, 1.165) is 45.1 Å². The van der Waals surface area contributed by atoms with Gasteiger partial charge in [0.05, 0.1) is 12.1 Å². The van der Waals surface area contributed by atoms with Crippen molar-refractivity contribution in [2.75, 3.05) is 58.5 Å². The number of nitrogens with one attached hydrogen (secondary N) is 1. The first-order chi connectivity index (χ1) is 14.2. The Labute approximate surface area is 199 Å². The van der Waals surface area contributed by atoms with E-state index in [4.69, 9.17) is 14.5 Å². The maximum absolute atomic E-state index is 5.84. The third kappa shape index (κ3) is 6.99. The van der Waals surface area contributed by atoms with E-state index in [1.54, 1.807) is 7.11 Å². The molecular weight excluding hydrogens is 491 g/mol. The zero-order chi connectivity index (χ0) is 20.5. The molecule has 7 heteroatoms. The molecule has 0 radical (unpaired) electrons. The maximum atomic E-state index is 5.84. The van der Waals surface area contributed by atoms with Gasteiger partial charge in [0.15, 0.2) is 5.96 Å². The van der Waals surface area contributed by atoms with Gasteiger partial charge in [0.1, 0.15) is 0 Å². The van der Waals surface area contributed by atoms with Gasteiger partial charge in [-0.05, 0) is 43.9 Å². The van der Waals surface area contributed by atoms with Gasteiger partial charge in [-0.15, -0.1) is 24.0 Å². The fourth-order valence-corrected chi connectivity index (χ4v) is 4.17. The van der Waals surface area contributed by atoms with E-state index in [1.165, 1.54) is 43.6 Å². The molecule has 3 rings (SSSR count). The molecule has 0 aromatic heterocycles. The predicted molar refractivity (Wildman–Crippen MR) is 135 cm³/mol. The first-order valence-electron chi connectivity index (χ1n) is 11.1. The lowest BCUT2D eigenvalue weighted by Crippen LogP contribution is -2.44. The molecule has 1 N–H and O–H groups in total. The number of rotatable bonds is 7. The SMILES string of the molecule is CCNC(=NCC1(OC)CCOCC1)N(C)Cc1ccc(N2CCCCC2)cc1.I. The highest BCUT2D eigenvalue weighted by Crippen LogP contribution is 2.25. The van der Waals surface area contributed by atoms with Crippen molar-refractivity contribution < 1.29 is 9.47 Å². The van der Waals surface area contributed by atoms with Crippen molar-refractivity contribution in [2.24, 2.45) is 4.99 Å². The second-order valence-corrected chi connectivity index (χ2v) is 8.24. The number of hydrogen-bond acceptors (Lipinski definition) is 4. The minimum atomic E-state index is -0.199. The summed E-state index contributed by atoms with van der Waals surface area (Å²) in [6.45, 7) is 8.31. The van der Waals surface area contributed by atoms with Crippen LogP contribution in [-0.4, -0.2) is 70.0 Å². The largest absolute Gasteiger partial charge is 0.381 e. The number of piperidine rings is 1. The van der Waals surface area contributed by atoms with E-state index in [1.807, 2.05) is 0 Å². The van der Waals surface area contributed by atoms with Gasteiger partial charge in [0.2, 0.25) is 0 Å². The molecule has 0 amide bonds. The average molecular weight is 530 g/mol. The van der Waals surface area contributed by atoms with Gasteiger partial charge < -0.3 is 24.6 Å². The first kappa shape index (κ1) is 25.2. The molecule has 0 bridgehead atoms. The Kier molecular flexibility index (Phi) is 10.7. The Morgan fingerprint density at radius 3 is 2.43 bits per heavy atom. The van der Waals surface area contributed by atoms with Gasteiger partial charge in [-0.3, -0.25) is 4.99 Å². The Hall–Kier alpha value is -1.06. The van der Waals surface area contributed by atoms with Crippen LogP contribution in [0.2, 0.25) is 0 Å². The van der Waals surface area contributed by atoms with E-state index < -0.39 is 0 Å². The van der Waals surface area contributed by atoms with Crippen LogP contribution in [0.15, 0.2) is 29.3 Å². The van der Waals surface area contributed by atoms with Crippen LogP contribution in [0.5, 0.6) is 0 Å². The highest BCUT2D eigenvalue weighted by Gasteiger charge is 2.32. The summed E-state index contributed by atoms with van der Waals surface area (Å²) >= 11 is 0. The van der Waals surface area contributed by atoms with E-state index in [0.29, 0.717) is 6.54 Å². The molecule has 2 fully saturated rings. The maximum Gasteiger partial charge on any atom is 0.194 e. The lowest BCUT2D eigenvalue weighted by Gasteiger charge is -2.35. The van der Waals surface area contributed by atoms with Crippen LogP contribution in [0, 0.1) is 0 Å². The normalized spacial score (nSPS) is 19.2. The quantitative estimate of drug-likeness (QED) is 0.330. The Morgan fingerprint density at radius 1 is 1.17 bits per heavy atom. The molecule has 0 unspecified atom stereocenters. The molecule has 0 spiro atoms. The van der Waals surface area contributed by atoms with Gasteiger partial charge in [0.25, 0.3) is 0 Å². The van der Waals surface area contributed by atoms with E-state index in [9.17, 15) is 0 Å². The lowest BCUT2D eigenvalue weighted by atomic mass is 9.94. The van der Waals surface area contributed by atoms with Crippen molar-refractivity contribution in [3.8, 4) is 0 Å². The molecular formula is C23H39IN4O2. The van der Waals surface area contributed by atoms with Crippen LogP contribution < -0.4 is 10.2 Å². The smallest absolute Gasteiger partial charge is 0.194 e. The number of benzene rings is 1. The Bertz CT molecular complexity index is 641. The zero-order valence-electron chi connectivity index (χ0n) is 18.9. The first-order valence-corrected chi connectivity index (χ1v) is 11.1. The fraction of sp³-hybridized carbons (Fsp3) is 0.696. The Morgan fingerprint density at radius 2 is 1.83 bits per heavy atom. The topological polar surface area (TPSA) is 49.3 Å². The number of nitrogens with zero attached hydrogens (tertiary/aromatic N) is 3. The number of ether oxygens (including phenoxy) is 2. The van der Waals surface area contributed by atoms with Crippen molar-refractivity contribution >= 4 is 35.6 Å². The predicted octanol–water partition coefficient (Wildman–Crippen LogP) is 3.89. The molecule has 30 heavy (non-hydrogen) atoms. The van der Waals surface area contributed by atoms with Crippen LogP contribution in [0.4, 0.5) is 5.69 Å². The second-order valence-electron chi connectivity index (χ2n) is 8.24. The van der Waals surface area contributed by atoms with Crippen LogP contribution in [0.3, 0.4) is 0 Å². The molecule has 2 aliphatic heterocycles. The van der Waals surface area contributed by atoms with Crippen molar-refractivity contribution in [3.05, 3.63) is 29.8 Å². The van der Waals surface area contributed by atoms with Crippen LogP contribution in [0.25, 0.3) is 0 Å². The molecule has 170 valence electrons. The number of hydrogen-bond donors (Lipinski definition) is 1. The van der Waals surface area contributed by atoms with Crippen molar-refractivity contribution in [1.82, 2.24) is 10.2 Å². The fourth-order valence-electron chi connectivity index (χ4n) is 4.17. The highest BCUT2D eigenvalue weighted by molar-refractivity contribution is 14.0. The van der Waals surface area contributed by atoms with Gasteiger partial charge in [0, 0.05) is 72.1 Å². The molecule has 0 atom stereocenters. The second kappa shape index (κ2) is 12.7. The Balaban J connectivity index is 0.00000320. The summed E-state index contributed by atoms with van der Waals surface area (Å²) in [5.74, 6) is 0.926. The molecule has 6 nitrogen and oxygen atoms in total. The van der Waals surface area contributed by atoms with Crippen LogP contribution in [-0.2, 0) is 16.0 Å². The summed E-state index contributed by atoms with van der Waals surface area (Å²) in [5, 5.41) is 3.43. The lowest BCUT2D eigenvalue weighted by molar-refractivity contribution is -0.0829. The van der Waals surface area contributed by atoms with Gasteiger partial charge in [-0.25, -0.2) is 0 Å². The van der Waals surface area contributed by atoms with Gasteiger partial charge in [-0.1, -0.05) is 12.1 Å². The molecule has 1 aromatic carbocycles. The monoisotopic (exact) mass is 530 g/mol. The summed E-state index contributed by atoms with van der Waals surface area (Å²) in [6, 6.07) is 9.03. The van der Waals surface area contributed by atoms with E-state index >= 15 is 0 Å². The summed E-state index contributed by atoms with van der Waals surface area (Å²) < 4.78 is 11.3. The van der Waals surface area contributed by atoms with Crippen molar-refractivity contribution in [1.29, 1.82) is 0 Å². The number of anilines is 1. The van der Waals surface area contributed by atoms with E-state index in [-0.39, 0.29) is 29.6 Å². The summed E-state index contributed by atoms with van der Waals surface area (Å²) in [7, 11) is 3.89. The van der Waals surface area contributed by atoms with Crippen molar-refractivity contribution in [3.63, 3.8) is 0 Å². The van der Waals surface area contributed by atoms with Gasteiger partial charge in [-0.2, -0.15) is 0 Å². The number of aliphatic imine (C=N–C) groups is 1. The molecule has 0 aliphatic carbocycles. The molecule has 2 heterocycles. The minimum absolute atomic E-state index is 0. The third-order valence-electron chi connectivity index (χ3n) is 6.13. The number of guanidine groups is 1. The zero-order valence-corrected chi connectivity index (χ0v) is 21.2. The molecule has 1 aromatic rings. The summed E-state index contributed by atoms with van der Waals surface area (Å²) in [6.07, 6.45) is 5.77. The summed E-state index contributed by atoms with van der Waals surface area (Å²) in [4.78, 5) is 9.61. The highest BCUT2D eigenvalue weighted by atomic mass is 127. The average Bonchev–Trinajstić information content (AvgIpc) is 2.78. The molecule has 2 aliphatic rings.